The van der Waals surface area contributed by atoms with Crippen LogP contribution in [0, 0.1) is 17.2 Å². The summed E-state index contributed by atoms with van der Waals surface area (Å²) in [5.41, 5.74) is 1.29. The average molecular weight is 216 g/mol. The van der Waals surface area contributed by atoms with Crippen LogP contribution in [0.3, 0.4) is 0 Å². The smallest absolute Gasteiger partial charge is 0.0868 e. The van der Waals surface area contributed by atoms with E-state index < -0.39 is 0 Å². The lowest BCUT2D eigenvalue weighted by molar-refractivity contribution is 0.0918. The summed E-state index contributed by atoms with van der Waals surface area (Å²) in [7, 11) is 1.68. The minimum atomic E-state index is 0.00807. The van der Waals surface area contributed by atoms with Crippen LogP contribution in [-0.2, 0) is 11.3 Å². The Bertz CT molecular complexity index is 371. The number of hydrogen-bond donors (Lipinski definition) is 0. The van der Waals surface area contributed by atoms with Crippen molar-refractivity contribution in [3.63, 3.8) is 0 Å². The van der Waals surface area contributed by atoms with Gasteiger partial charge in [-0.15, -0.1) is 0 Å². The van der Waals surface area contributed by atoms with Gasteiger partial charge in [-0.25, -0.2) is 0 Å². The molecule has 0 amide bonds. The van der Waals surface area contributed by atoms with Gasteiger partial charge in [-0.05, 0) is 5.56 Å². The van der Waals surface area contributed by atoms with Gasteiger partial charge in [-0.3, -0.25) is 4.90 Å². The number of nitrogens with zero attached hydrogens (tertiary/aromatic N) is 2. The number of methoxy groups -OCH3 is 1. The number of ether oxygens (including phenoxy) is 1. The fraction of sp³-hybridized carbons (Fsp3) is 0.462. The molecule has 1 aliphatic heterocycles. The van der Waals surface area contributed by atoms with Crippen molar-refractivity contribution in [3.8, 4) is 6.07 Å². The molecule has 1 aromatic rings. The molecule has 0 aliphatic carbocycles. The fourth-order valence-corrected chi connectivity index (χ4v) is 2.19. The van der Waals surface area contributed by atoms with E-state index in [0.717, 1.165) is 19.6 Å². The highest BCUT2D eigenvalue weighted by molar-refractivity contribution is 5.15. The van der Waals surface area contributed by atoms with Crippen LogP contribution in [0.15, 0.2) is 30.3 Å². The summed E-state index contributed by atoms with van der Waals surface area (Å²) in [5.74, 6) is 0.00807. The Hall–Kier alpha value is -1.37. The van der Waals surface area contributed by atoms with E-state index in [1.807, 2.05) is 18.2 Å². The maximum absolute atomic E-state index is 8.99. The summed E-state index contributed by atoms with van der Waals surface area (Å²) in [5, 5.41) is 8.99. The molecule has 0 saturated carbocycles. The van der Waals surface area contributed by atoms with Crippen molar-refractivity contribution < 1.29 is 4.74 Å². The Labute approximate surface area is 96.2 Å². The normalized spacial score (nSPS) is 25.5. The quantitative estimate of drug-likeness (QED) is 0.771. The minimum absolute atomic E-state index is 0.00807. The third kappa shape index (κ3) is 2.41. The molecule has 2 rings (SSSR count). The molecule has 16 heavy (non-hydrogen) atoms. The van der Waals surface area contributed by atoms with Crippen molar-refractivity contribution in [2.45, 2.75) is 12.6 Å². The lowest BCUT2D eigenvalue weighted by atomic mass is 10.1. The van der Waals surface area contributed by atoms with E-state index >= 15 is 0 Å². The van der Waals surface area contributed by atoms with Crippen LogP contribution in [0.2, 0.25) is 0 Å². The van der Waals surface area contributed by atoms with Gasteiger partial charge in [0.2, 0.25) is 0 Å². The first-order valence-electron chi connectivity index (χ1n) is 5.52. The molecule has 0 aromatic heterocycles. The standard InChI is InChI=1S/C13H16N2O/c1-16-13-10-15(9-12(13)7-14)8-11-5-3-2-4-6-11/h2-6,12-13H,8-10H2,1H3. The van der Waals surface area contributed by atoms with E-state index in [-0.39, 0.29) is 12.0 Å². The van der Waals surface area contributed by atoms with E-state index in [1.165, 1.54) is 5.56 Å². The molecule has 2 unspecified atom stereocenters. The number of likely N-dealkylation sites (tertiary alicyclic amines) is 1. The van der Waals surface area contributed by atoms with Gasteiger partial charge in [0.15, 0.2) is 0 Å². The molecule has 84 valence electrons. The maximum Gasteiger partial charge on any atom is 0.0868 e. The predicted molar refractivity (Wildman–Crippen MR) is 61.6 cm³/mol. The summed E-state index contributed by atoms with van der Waals surface area (Å²) in [6, 6.07) is 12.6. The fourth-order valence-electron chi connectivity index (χ4n) is 2.19. The lowest BCUT2D eigenvalue weighted by Gasteiger charge is -2.14. The van der Waals surface area contributed by atoms with E-state index in [2.05, 4.69) is 23.1 Å². The molecule has 3 heteroatoms. The van der Waals surface area contributed by atoms with Crippen LogP contribution in [-0.4, -0.2) is 31.2 Å². The third-order valence-corrected chi connectivity index (χ3v) is 3.06. The van der Waals surface area contributed by atoms with E-state index in [9.17, 15) is 0 Å². The SMILES string of the molecule is COC1CN(Cc2ccccc2)CC1C#N. The molecule has 2 atom stereocenters. The van der Waals surface area contributed by atoms with Crippen LogP contribution in [0.5, 0.6) is 0 Å². The third-order valence-electron chi connectivity index (χ3n) is 3.06. The number of nitriles is 1. The van der Waals surface area contributed by atoms with Gasteiger partial charge in [0.05, 0.1) is 18.1 Å². The Kier molecular flexibility index (Phi) is 3.55. The van der Waals surface area contributed by atoms with Crippen molar-refractivity contribution in [1.29, 1.82) is 5.26 Å². The van der Waals surface area contributed by atoms with Crippen molar-refractivity contribution in [1.82, 2.24) is 4.90 Å². The molecule has 3 nitrogen and oxygen atoms in total. The molecule has 1 saturated heterocycles. The second kappa shape index (κ2) is 5.11. The minimum Gasteiger partial charge on any atom is -0.379 e. The zero-order valence-corrected chi connectivity index (χ0v) is 9.47. The summed E-state index contributed by atoms with van der Waals surface area (Å²) in [6.45, 7) is 2.56. The molecule has 1 heterocycles. The Morgan fingerprint density at radius 3 is 2.69 bits per heavy atom. The van der Waals surface area contributed by atoms with Crippen molar-refractivity contribution in [2.75, 3.05) is 20.2 Å². The van der Waals surface area contributed by atoms with Crippen LogP contribution < -0.4 is 0 Å². The van der Waals surface area contributed by atoms with E-state index in [1.54, 1.807) is 7.11 Å². The zero-order chi connectivity index (χ0) is 11.4. The highest BCUT2D eigenvalue weighted by Crippen LogP contribution is 2.20. The van der Waals surface area contributed by atoms with Gasteiger partial charge in [-0.2, -0.15) is 5.26 Å². The van der Waals surface area contributed by atoms with Crippen molar-refractivity contribution >= 4 is 0 Å². The maximum atomic E-state index is 8.99. The van der Waals surface area contributed by atoms with Gasteiger partial charge in [-0.1, -0.05) is 30.3 Å². The molecule has 1 fully saturated rings. The number of rotatable bonds is 3. The monoisotopic (exact) mass is 216 g/mol. The average Bonchev–Trinajstić information content (AvgIpc) is 2.72. The van der Waals surface area contributed by atoms with Crippen molar-refractivity contribution in [3.05, 3.63) is 35.9 Å². The first-order chi connectivity index (χ1) is 7.83. The largest absolute Gasteiger partial charge is 0.379 e. The predicted octanol–water partition coefficient (Wildman–Crippen LogP) is 1.66. The van der Waals surface area contributed by atoms with E-state index in [4.69, 9.17) is 10.00 Å². The molecule has 0 spiro atoms. The van der Waals surface area contributed by atoms with Crippen LogP contribution >= 0.6 is 0 Å². The highest BCUT2D eigenvalue weighted by atomic mass is 16.5. The Morgan fingerprint density at radius 1 is 1.38 bits per heavy atom. The molecular weight excluding hydrogens is 200 g/mol. The second-order valence-electron chi connectivity index (χ2n) is 4.19. The summed E-state index contributed by atoms with van der Waals surface area (Å²) < 4.78 is 5.32. The first kappa shape index (κ1) is 11.1. The number of benzene rings is 1. The first-order valence-corrected chi connectivity index (χ1v) is 5.52. The molecular formula is C13H16N2O. The summed E-state index contributed by atoms with van der Waals surface area (Å²) in [6.07, 6.45) is 0.0636. The van der Waals surface area contributed by atoms with Crippen molar-refractivity contribution in [2.24, 2.45) is 5.92 Å². The van der Waals surface area contributed by atoms with Gasteiger partial charge in [0.1, 0.15) is 0 Å². The molecule has 0 radical (unpaired) electrons. The lowest BCUT2D eigenvalue weighted by Crippen LogP contribution is -2.22. The summed E-state index contributed by atoms with van der Waals surface area (Å²) >= 11 is 0. The molecule has 0 N–H and O–H groups in total. The van der Waals surface area contributed by atoms with Gasteiger partial charge < -0.3 is 4.74 Å². The van der Waals surface area contributed by atoms with Crippen LogP contribution in [0.1, 0.15) is 5.56 Å². The van der Waals surface area contributed by atoms with Gasteiger partial charge in [0.25, 0.3) is 0 Å². The molecule has 1 aliphatic rings. The topological polar surface area (TPSA) is 36.3 Å². The van der Waals surface area contributed by atoms with Gasteiger partial charge >= 0.3 is 0 Å². The zero-order valence-electron chi connectivity index (χ0n) is 9.47. The Balaban J connectivity index is 1.96. The summed E-state index contributed by atoms with van der Waals surface area (Å²) in [4.78, 5) is 2.28. The molecule has 0 bridgehead atoms. The second-order valence-corrected chi connectivity index (χ2v) is 4.19. The van der Waals surface area contributed by atoms with Crippen LogP contribution in [0.25, 0.3) is 0 Å². The number of hydrogen-bond acceptors (Lipinski definition) is 3. The van der Waals surface area contributed by atoms with E-state index in [0.29, 0.717) is 0 Å². The van der Waals surface area contributed by atoms with Crippen LogP contribution in [0.4, 0.5) is 0 Å². The Morgan fingerprint density at radius 2 is 2.12 bits per heavy atom. The van der Waals surface area contributed by atoms with Gasteiger partial charge in [0, 0.05) is 26.7 Å². The molecule has 1 aromatic carbocycles. The highest BCUT2D eigenvalue weighted by Gasteiger charge is 2.32.